The van der Waals surface area contributed by atoms with E-state index >= 15 is 0 Å². The Balaban J connectivity index is 0.00000289. The Morgan fingerprint density at radius 3 is 2.60 bits per heavy atom. The molecule has 0 saturated heterocycles. The van der Waals surface area contributed by atoms with Crippen molar-refractivity contribution in [3.8, 4) is 16.9 Å². The molecule has 0 radical (unpaired) electrons. The molecule has 6 heteroatoms. The molecule has 0 unspecified atom stereocenters. The van der Waals surface area contributed by atoms with Crippen molar-refractivity contribution in [1.29, 1.82) is 0 Å². The van der Waals surface area contributed by atoms with Gasteiger partial charge in [0.25, 0.3) is 0 Å². The van der Waals surface area contributed by atoms with Crippen molar-refractivity contribution in [2.45, 2.75) is 59.9 Å². The molecule has 1 aliphatic rings. The minimum absolute atomic E-state index is 0. The van der Waals surface area contributed by atoms with Gasteiger partial charge < -0.3 is 9.64 Å². The zero-order chi connectivity index (χ0) is 23.8. The third-order valence-electron chi connectivity index (χ3n) is 6.89. The topological polar surface area (TPSA) is 42.7 Å². The van der Waals surface area contributed by atoms with E-state index in [4.69, 9.17) is 14.8 Å². The number of halogens is 1. The number of ether oxygens (including phenoxy) is 1. The summed E-state index contributed by atoms with van der Waals surface area (Å²) in [5, 5.41) is 5.09. The van der Waals surface area contributed by atoms with Gasteiger partial charge in [-0.25, -0.2) is 4.98 Å². The van der Waals surface area contributed by atoms with Gasteiger partial charge in [-0.2, -0.15) is 9.61 Å². The van der Waals surface area contributed by atoms with E-state index in [-0.39, 0.29) is 12.4 Å². The number of hydrogen-bond acceptors (Lipinski definition) is 4. The zero-order valence-corrected chi connectivity index (χ0v) is 22.2. The minimum atomic E-state index is 0. The summed E-state index contributed by atoms with van der Waals surface area (Å²) in [6.45, 7) is 10.5. The maximum atomic E-state index is 5.44. The van der Waals surface area contributed by atoms with Crippen molar-refractivity contribution in [1.82, 2.24) is 14.6 Å². The summed E-state index contributed by atoms with van der Waals surface area (Å²) in [7, 11) is 1.71. The lowest BCUT2D eigenvalue weighted by atomic mass is 10.0. The highest BCUT2D eigenvalue weighted by molar-refractivity contribution is 5.85. The monoisotopic (exact) mass is 490 g/mol. The van der Waals surface area contributed by atoms with Crippen LogP contribution in [0.4, 0.5) is 5.82 Å². The maximum Gasteiger partial charge on any atom is 0.165 e. The zero-order valence-electron chi connectivity index (χ0n) is 21.4. The fourth-order valence-corrected chi connectivity index (χ4v) is 5.36. The Kier molecular flexibility index (Phi) is 7.36. The first-order valence-electron chi connectivity index (χ1n) is 12.4. The lowest BCUT2D eigenvalue weighted by molar-refractivity contribution is 0.414. The summed E-state index contributed by atoms with van der Waals surface area (Å²) in [5.74, 6) is 2.10. The van der Waals surface area contributed by atoms with Gasteiger partial charge in [0.2, 0.25) is 0 Å². The van der Waals surface area contributed by atoms with Crippen LogP contribution < -0.4 is 9.64 Å². The van der Waals surface area contributed by atoms with Crippen LogP contribution in [0.25, 0.3) is 16.8 Å². The molecule has 4 aromatic rings. The normalized spacial score (nSPS) is 12.5. The highest BCUT2D eigenvalue weighted by atomic mass is 35.5. The molecule has 0 N–H and O–H groups in total. The third kappa shape index (κ3) is 4.62. The smallest absolute Gasteiger partial charge is 0.165 e. The van der Waals surface area contributed by atoms with Crippen LogP contribution in [0, 0.1) is 20.8 Å². The number of methoxy groups -OCH3 is 1. The first kappa shape index (κ1) is 25.1. The number of anilines is 1. The number of rotatable bonds is 7. The summed E-state index contributed by atoms with van der Waals surface area (Å²) in [6.07, 6.45) is 4.34. The van der Waals surface area contributed by atoms with Crippen LogP contribution in [0.1, 0.15) is 53.4 Å². The van der Waals surface area contributed by atoms with E-state index in [2.05, 4.69) is 73.5 Å². The highest BCUT2D eigenvalue weighted by Crippen LogP contribution is 2.38. The quantitative estimate of drug-likeness (QED) is 0.290. The van der Waals surface area contributed by atoms with E-state index in [0.29, 0.717) is 0 Å². The molecule has 2 heterocycles. The number of aryl methyl sites for hydroxylation is 4. The van der Waals surface area contributed by atoms with Crippen LogP contribution in [0.3, 0.4) is 0 Å². The molecule has 2 aromatic carbocycles. The van der Waals surface area contributed by atoms with Crippen molar-refractivity contribution < 1.29 is 4.74 Å². The minimum Gasteiger partial charge on any atom is -0.497 e. The number of aromatic nitrogens is 3. The second kappa shape index (κ2) is 10.3. The molecule has 0 atom stereocenters. The average molecular weight is 491 g/mol. The van der Waals surface area contributed by atoms with Gasteiger partial charge >= 0.3 is 0 Å². The Bertz CT molecular complexity index is 1360. The fraction of sp³-hybridized carbons (Fsp3) is 0.379. The van der Waals surface area contributed by atoms with E-state index < -0.39 is 0 Å². The van der Waals surface area contributed by atoms with E-state index in [1.807, 2.05) is 6.07 Å². The first-order chi connectivity index (χ1) is 16.5. The summed E-state index contributed by atoms with van der Waals surface area (Å²) in [5.41, 5.74) is 10.7. The van der Waals surface area contributed by atoms with Crippen LogP contribution in [-0.2, 0) is 19.4 Å². The summed E-state index contributed by atoms with van der Waals surface area (Å²) in [4.78, 5) is 7.72. The number of fused-ring (bicyclic) bond motifs is 2. The molecule has 0 saturated carbocycles. The van der Waals surface area contributed by atoms with Crippen molar-refractivity contribution in [2.24, 2.45) is 0 Å². The number of hydrogen-bond donors (Lipinski definition) is 0. The molecule has 0 amide bonds. The third-order valence-corrected chi connectivity index (χ3v) is 6.89. The van der Waals surface area contributed by atoms with E-state index in [0.717, 1.165) is 61.4 Å². The van der Waals surface area contributed by atoms with Gasteiger partial charge in [-0.3, -0.25) is 0 Å². The summed E-state index contributed by atoms with van der Waals surface area (Å²) >= 11 is 0. The molecule has 0 spiro atoms. The number of benzene rings is 2. The predicted molar refractivity (Wildman–Crippen MR) is 146 cm³/mol. The molecular formula is C29H35ClN4O. The van der Waals surface area contributed by atoms with E-state index in [1.54, 1.807) is 7.11 Å². The van der Waals surface area contributed by atoms with Crippen molar-refractivity contribution in [2.75, 3.05) is 18.6 Å². The van der Waals surface area contributed by atoms with Gasteiger partial charge in [0.05, 0.1) is 12.8 Å². The van der Waals surface area contributed by atoms with Gasteiger partial charge in [-0.15, -0.1) is 12.4 Å². The van der Waals surface area contributed by atoms with Crippen LogP contribution >= 0.6 is 12.4 Å². The summed E-state index contributed by atoms with van der Waals surface area (Å²) in [6, 6.07) is 15.1. The van der Waals surface area contributed by atoms with Crippen LogP contribution in [-0.4, -0.2) is 28.3 Å². The van der Waals surface area contributed by atoms with Crippen molar-refractivity contribution >= 4 is 23.9 Å². The molecule has 0 aliphatic heterocycles. The van der Waals surface area contributed by atoms with Crippen LogP contribution in [0.2, 0.25) is 0 Å². The highest BCUT2D eigenvalue weighted by Gasteiger charge is 2.27. The van der Waals surface area contributed by atoms with E-state index in [1.165, 1.54) is 39.3 Å². The average Bonchev–Trinajstić information content (AvgIpc) is 3.40. The van der Waals surface area contributed by atoms with E-state index in [9.17, 15) is 0 Å². The van der Waals surface area contributed by atoms with Gasteiger partial charge in [0.1, 0.15) is 11.6 Å². The maximum absolute atomic E-state index is 5.44. The Morgan fingerprint density at radius 1 is 1.06 bits per heavy atom. The molecule has 1 aliphatic carbocycles. The molecule has 35 heavy (non-hydrogen) atoms. The molecule has 184 valence electrons. The SMILES string of the molecule is CCCN(Cc1cccc(C)c1)c1c2c(nc3c(-c4ccc(OC)cc4C)c(C)nn13)CCC2.Cl. The first-order valence-corrected chi connectivity index (χ1v) is 12.4. The van der Waals surface area contributed by atoms with Gasteiger partial charge in [-0.05, 0) is 75.3 Å². The van der Waals surface area contributed by atoms with Gasteiger partial charge in [-0.1, -0.05) is 42.8 Å². The largest absolute Gasteiger partial charge is 0.497 e. The van der Waals surface area contributed by atoms with Crippen LogP contribution in [0.15, 0.2) is 42.5 Å². The Hall–Kier alpha value is -3.05. The Morgan fingerprint density at radius 2 is 1.89 bits per heavy atom. The molecule has 2 aromatic heterocycles. The lowest BCUT2D eigenvalue weighted by Gasteiger charge is -2.27. The second-order valence-electron chi connectivity index (χ2n) is 9.50. The van der Waals surface area contributed by atoms with Gasteiger partial charge in [0.15, 0.2) is 5.65 Å². The molecule has 0 bridgehead atoms. The molecular weight excluding hydrogens is 456 g/mol. The molecule has 5 nitrogen and oxygen atoms in total. The van der Waals surface area contributed by atoms with Crippen molar-refractivity contribution in [3.63, 3.8) is 0 Å². The summed E-state index contributed by atoms with van der Waals surface area (Å²) < 4.78 is 7.57. The molecule has 5 rings (SSSR count). The fourth-order valence-electron chi connectivity index (χ4n) is 5.36. The lowest BCUT2D eigenvalue weighted by Crippen LogP contribution is -2.27. The predicted octanol–water partition coefficient (Wildman–Crippen LogP) is 6.66. The van der Waals surface area contributed by atoms with Gasteiger partial charge in [0, 0.05) is 29.9 Å². The van der Waals surface area contributed by atoms with Crippen LogP contribution in [0.5, 0.6) is 5.75 Å². The molecule has 0 fully saturated rings. The standard InChI is InChI=1S/C29H34N4O.ClH/c1-6-15-32(18-22-10-7-9-19(2)16-22)29-25-11-8-12-26(25)30-28-27(21(4)31-33(28)29)24-14-13-23(34-5)17-20(24)3;/h7,9-10,13-14,16-17H,6,8,11-12,15,18H2,1-5H3;1H. The second-order valence-corrected chi connectivity index (χ2v) is 9.50. The number of nitrogens with zero attached hydrogens (tertiary/aromatic N) is 4. The van der Waals surface area contributed by atoms with Crippen molar-refractivity contribution in [3.05, 3.63) is 76.1 Å². The Labute approximate surface area is 214 Å².